The van der Waals surface area contributed by atoms with E-state index in [4.69, 9.17) is 0 Å². The van der Waals surface area contributed by atoms with E-state index in [2.05, 4.69) is 10.6 Å². The summed E-state index contributed by atoms with van der Waals surface area (Å²) >= 11 is 0. The Labute approximate surface area is 148 Å². The Kier molecular flexibility index (Phi) is 6.90. The van der Waals surface area contributed by atoms with Crippen LogP contribution in [0.2, 0.25) is 0 Å². The summed E-state index contributed by atoms with van der Waals surface area (Å²) in [6.07, 6.45) is 0. The molecule has 1 aliphatic rings. The summed E-state index contributed by atoms with van der Waals surface area (Å²) in [5.41, 5.74) is 0.604. The summed E-state index contributed by atoms with van der Waals surface area (Å²) in [4.78, 5) is 26.7. The number of nitrogens with one attached hydrogen (secondary N) is 4. The second-order valence-electron chi connectivity index (χ2n) is 7.03. The molecule has 0 unspecified atom stereocenters. The zero-order valence-corrected chi connectivity index (χ0v) is 15.2. The molecular formula is C18H29FN4O2+2. The van der Waals surface area contributed by atoms with Gasteiger partial charge in [-0.2, -0.15) is 0 Å². The monoisotopic (exact) mass is 352 g/mol. The fraction of sp³-hybridized carbons (Fsp3) is 0.556. The lowest BCUT2D eigenvalue weighted by molar-refractivity contribution is -1.01. The number of piperazine rings is 1. The van der Waals surface area contributed by atoms with Crippen LogP contribution in [0.3, 0.4) is 0 Å². The van der Waals surface area contributed by atoms with E-state index < -0.39 is 0 Å². The van der Waals surface area contributed by atoms with Gasteiger partial charge in [0, 0.05) is 11.7 Å². The Balaban J connectivity index is 1.78. The van der Waals surface area contributed by atoms with Crippen molar-refractivity contribution in [1.29, 1.82) is 0 Å². The Hall–Kier alpha value is -1.99. The first kappa shape index (κ1) is 19.3. The Morgan fingerprint density at radius 2 is 1.68 bits per heavy atom. The van der Waals surface area contributed by atoms with E-state index in [1.807, 2.05) is 20.8 Å². The predicted molar refractivity (Wildman–Crippen MR) is 94.0 cm³/mol. The summed E-state index contributed by atoms with van der Waals surface area (Å²) < 4.78 is 12.9. The van der Waals surface area contributed by atoms with E-state index >= 15 is 0 Å². The topological polar surface area (TPSA) is 67.1 Å². The van der Waals surface area contributed by atoms with E-state index in [0.717, 1.165) is 26.2 Å². The van der Waals surface area contributed by atoms with Crippen LogP contribution in [0.1, 0.15) is 20.8 Å². The lowest BCUT2D eigenvalue weighted by atomic mass is 10.2. The van der Waals surface area contributed by atoms with Gasteiger partial charge in [-0.05, 0) is 45.0 Å². The summed E-state index contributed by atoms with van der Waals surface area (Å²) in [6.45, 7) is 9.74. The molecule has 0 saturated carbocycles. The van der Waals surface area contributed by atoms with E-state index in [1.54, 1.807) is 12.1 Å². The van der Waals surface area contributed by atoms with E-state index in [-0.39, 0.29) is 29.7 Å². The molecule has 1 aromatic rings. The molecule has 1 fully saturated rings. The third kappa shape index (κ3) is 6.10. The molecule has 138 valence electrons. The molecule has 1 aromatic carbocycles. The van der Waals surface area contributed by atoms with Gasteiger partial charge >= 0.3 is 0 Å². The highest BCUT2D eigenvalue weighted by atomic mass is 19.1. The number of halogens is 1. The van der Waals surface area contributed by atoms with Crippen LogP contribution in [0.5, 0.6) is 0 Å². The van der Waals surface area contributed by atoms with Crippen LogP contribution in [-0.4, -0.2) is 56.6 Å². The maximum absolute atomic E-state index is 12.9. The SMILES string of the molecule is CC(C)NC(=O)C[NH+]1CC[NH+]([C@@H](C)C(=O)Nc2ccc(F)cc2)CC1. The minimum absolute atomic E-state index is 0.0670. The molecule has 25 heavy (non-hydrogen) atoms. The van der Waals surface area contributed by atoms with Gasteiger partial charge in [0.2, 0.25) is 0 Å². The molecule has 0 radical (unpaired) electrons. The number of anilines is 1. The number of hydrogen-bond acceptors (Lipinski definition) is 2. The van der Waals surface area contributed by atoms with Gasteiger partial charge in [-0.15, -0.1) is 0 Å². The molecule has 1 heterocycles. The minimum atomic E-state index is -0.322. The van der Waals surface area contributed by atoms with Crippen LogP contribution in [0.4, 0.5) is 10.1 Å². The number of carbonyl (C=O) groups is 2. The highest BCUT2D eigenvalue weighted by Gasteiger charge is 2.31. The van der Waals surface area contributed by atoms with E-state index in [1.165, 1.54) is 21.9 Å². The van der Waals surface area contributed by atoms with Crippen molar-refractivity contribution in [2.75, 3.05) is 38.0 Å². The van der Waals surface area contributed by atoms with Crippen LogP contribution >= 0.6 is 0 Å². The molecule has 7 heteroatoms. The molecule has 0 bridgehead atoms. The van der Waals surface area contributed by atoms with Crippen LogP contribution in [-0.2, 0) is 9.59 Å². The maximum atomic E-state index is 12.9. The first-order valence-corrected chi connectivity index (χ1v) is 8.89. The van der Waals surface area contributed by atoms with Crippen LogP contribution < -0.4 is 20.4 Å². The van der Waals surface area contributed by atoms with Gasteiger partial charge in [0.05, 0.1) is 0 Å². The average molecular weight is 352 g/mol. The van der Waals surface area contributed by atoms with Gasteiger partial charge in [0.1, 0.15) is 32.0 Å². The molecule has 0 spiro atoms. The summed E-state index contributed by atoms with van der Waals surface area (Å²) in [7, 11) is 0. The highest BCUT2D eigenvalue weighted by molar-refractivity contribution is 5.93. The van der Waals surface area contributed by atoms with Gasteiger partial charge in [0.15, 0.2) is 12.6 Å². The van der Waals surface area contributed by atoms with E-state index in [9.17, 15) is 14.0 Å². The highest BCUT2D eigenvalue weighted by Crippen LogP contribution is 2.08. The van der Waals surface area contributed by atoms with Gasteiger partial charge in [-0.3, -0.25) is 9.59 Å². The number of hydrogen-bond donors (Lipinski definition) is 4. The summed E-state index contributed by atoms with van der Waals surface area (Å²) in [5, 5.41) is 5.75. The summed E-state index contributed by atoms with van der Waals surface area (Å²) in [6, 6.07) is 5.76. The second-order valence-corrected chi connectivity index (χ2v) is 7.03. The molecule has 6 nitrogen and oxygen atoms in total. The molecule has 0 aromatic heterocycles. The Bertz CT molecular complexity index is 583. The zero-order chi connectivity index (χ0) is 18.4. The molecule has 2 amide bonds. The Morgan fingerprint density at radius 3 is 2.24 bits per heavy atom. The van der Waals surface area contributed by atoms with Crippen molar-refractivity contribution in [3.05, 3.63) is 30.1 Å². The van der Waals surface area contributed by atoms with Gasteiger partial charge in [-0.1, -0.05) is 0 Å². The van der Waals surface area contributed by atoms with Crippen molar-refractivity contribution in [3.63, 3.8) is 0 Å². The van der Waals surface area contributed by atoms with Crippen molar-refractivity contribution >= 4 is 17.5 Å². The van der Waals surface area contributed by atoms with Gasteiger partial charge in [-0.25, -0.2) is 4.39 Å². The number of quaternary nitrogens is 2. The van der Waals surface area contributed by atoms with Crippen LogP contribution in [0, 0.1) is 5.82 Å². The second kappa shape index (κ2) is 8.92. The van der Waals surface area contributed by atoms with Crippen molar-refractivity contribution in [1.82, 2.24) is 5.32 Å². The van der Waals surface area contributed by atoms with Crippen molar-refractivity contribution in [2.24, 2.45) is 0 Å². The molecular weight excluding hydrogens is 323 g/mol. The molecule has 4 N–H and O–H groups in total. The number of amides is 2. The first-order valence-electron chi connectivity index (χ1n) is 8.89. The first-order chi connectivity index (χ1) is 11.8. The smallest absolute Gasteiger partial charge is 0.282 e. The fourth-order valence-corrected chi connectivity index (χ4v) is 3.10. The maximum Gasteiger partial charge on any atom is 0.282 e. The number of carbonyl (C=O) groups excluding carboxylic acids is 2. The van der Waals surface area contributed by atoms with Crippen LogP contribution in [0.25, 0.3) is 0 Å². The largest absolute Gasteiger partial charge is 0.349 e. The molecule has 1 aliphatic heterocycles. The third-order valence-corrected chi connectivity index (χ3v) is 4.58. The molecule has 1 atom stereocenters. The third-order valence-electron chi connectivity index (χ3n) is 4.58. The average Bonchev–Trinajstić information content (AvgIpc) is 2.56. The quantitative estimate of drug-likeness (QED) is 0.501. The lowest BCUT2D eigenvalue weighted by Crippen LogP contribution is -3.30. The molecule has 1 saturated heterocycles. The van der Waals surface area contributed by atoms with Crippen molar-refractivity contribution in [3.8, 4) is 0 Å². The Morgan fingerprint density at radius 1 is 1.08 bits per heavy atom. The summed E-state index contributed by atoms with van der Waals surface area (Å²) in [5.74, 6) is -0.310. The predicted octanol–water partition coefficient (Wildman–Crippen LogP) is -1.54. The standard InChI is InChI=1S/C18H27FN4O2/c1-13(2)20-17(24)12-22-8-10-23(11-9-22)14(3)18(25)21-16-6-4-15(19)5-7-16/h4-7,13-14H,8-12H2,1-3H3,(H,20,24)(H,21,25)/p+2/t14-/m0/s1. The fourth-order valence-electron chi connectivity index (χ4n) is 3.10. The van der Waals surface area contributed by atoms with Crippen molar-refractivity contribution in [2.45, 2.75) is 32.9 Å². The van der Waals surface area contributed by atoms with Gasteiger partial charge < -0.3 is 20.4 Å². The molecule has 0 aliphatic carbocycles. The molecule has 2 rings (SSSR count). The van der Waals surface area contributed by atoms with Crippen molar-refractivity contribution < 1.29 is 23.8 Å². The number of benzene rings is 1. The van der Waals surface area contributed by atoms with Crippen LogP contribution in [0.15, 0.2) is 24.3 Å². The van der Waals surface area contributed by atoms with Gasteiger partial charge in [0.25, 0.3) is 11.8 Å². The minimum Gasteiger partial charge on any atom is -0.349 e. The van der Waals surface area contributed by atoms with E-state index in [0.29, 0.717) is 12.2 Å². The zero-order valence-electron chi connectivity index (χ0n) is 15.2. The lowest BCUT2D eigenvalue weighted by Gasteiger charge is -2.32. The normalized spacial score (nSPS) is 21.6. The number of rotatable bonds is 6.